The summed E-state index contributed by atoms with van der Waals surface area (Å²) in [5.74, 6) is -0.132. The first kappa shape index (κ1) is 22.6. The molecule has 0 radical (unpaired) electrons. The van der Waals surface area contributed by atoms with Gasteiger partial charge in [-0.1, -0.05) is 47.5 Å². The number of ether oxygens (including phenoxy) is 1. The number of hydrogen-bond acceptors (Lipinski definition) is 5. The number of amidine groups is 1. The van der Waals surface area contributed by atoms with Crippen LogP contribution >= 0.6 is 23.4 Å². The molecular formula is C25H20ClN3O3S. The van der Waals surface area contributed by atoms with Gasteiger partial charge in [-0.25, -0.2) is 0 Å². The standard InChI is InChI=1S/C25H20ClN3O3S/c1-16-6-12-20(13-7-16)29-24(31)22(33-25(29)27)14-17-4-2-3-5-21(17)32-15-23(30)28-19-10-8-18(26)9-11-19/h2-14,27H,15H2,1H3,(H,28,30)/b22-14-,27-25?. The Balaban J connectivity index is 1.47. The van der Waals surface area contributed by atoms with E-state index in [-0.39, 0.29) is 23.6 Å². The number of nitrogens with zero attached hydrogens (tertiary/aromatic N) is 1. The van der Waals surface area contributed by atoms with Crippen molar-refractivity contribution in [3.8, 4) is 5.75 Å². The predicted octanol–water partition coefficient (Wildman–Crippen LogP) is 5.72. The Bertz CT molecular complexity index is 1240. The molecular weight excluding hydrogens is 458 g/mol. The summed E-state index contributed by atoms with van der Waals surface area (Å²) >= 11 is 6.95. The molecule has 4 rings (SSSR count). The highest BCUT2D eigenvalue weighted by atomic mass is 35.5. The topological polar surface area (TPSA) is 82.5 Å². The second-order valence-corrected chi connectivity index (χ2v) is 8.74. The number of carbonyl (C=O) groups excluding carboxylic acids is 2. The SMILES string of the molecule is Cc1ccc(N2C(=N)S/C(=C\c3ccccc3OCC(=O)Nc3ccc(Cl)cc3)C2=O)cc1. The number of amides is 2. The molecule has 1 aliphatic heterocycles. The van der Waals surface area contributed by atoms with E-state index in [0.29, 0.717) is 32.6 Å². The van der Waals surface area contributed by atoms with Crippen molar-refractivity contribution in [2.24, 2.45) is 0 Å². The van der Waals surface area contributed by atoms with Crippen molar-refractivity contribution in [1.29, 1.82) is 5.41 Å². The van der Waals surface area contributed by atoms with Crippen LogP contribution in [0.3, 0.4) is 0 Å². The van der Waals surface area contributed by atoms with E-state index >= 15 is 0 Å². The van der Waals surface area contributed by atoms with Gasteiger partial charge >= 0.3 is 0 Å². The summed E-state index contributed by atoms with van der Waals surface area (Å²) in [6.45, 7) is 1.77. The smallest absolute Gasteiger partial charge is 0.271 e. The van der Waals surface area contributed by atoms with E-state index in [9.17, 15) is 9.59 Å². The second kappa shape index (κ2) is 9.94. The number of rotatable bonds is 6. The molecule has 0 spiro atoms. The lowest BCUT2D eigenvalue weighted by atomic mass is 10.1. The van der Waals surface area contributed by atoms with Crippen LogP contribution in [-0.2, 0) is 9.59 Å². The molecule has 0 aromatic heterocycles. The van der Waals surface area contributed by atoms with E-state index in [4.69, 9.17) is 21.7 Å². The van der Waals surface area contributed by atoms with E-state index < -0.39 is 0 Å². The first-order chi connectivity index (χ1) is 15.9. The summed E-state index contributed by atoms with van der Waals surface area (Å²) < 4.78 is 5.72. The monoisotopic (exact) mass is 477 g/mol. The number of anilines is 2. The maximum absolute atomic E-state index is 13.0. The lowest BCUT2D eigenvalue weighted by molar-refractivity contribution is -0.118. The molecule has 2 amide bonds. The Kier molecular flexibility index (Phi) is 6.82. The van der Waals surface area contributed by atoms with Crippen molar-refractivity contribution in [2.45, 2.75) is 6.92 Å². The minimum absolute atomic E-state index is 0.135. The summed E-state index contributed by atoms with van der Waals surface area (Å²) in [4.78, 5) is 27.0. The summed E-state index contributed by atoms with van der Waals surface area (Å²) in [5.41, 5.74) is 2.98. The highest BCUT2D eigenvalue weighted by Gasteiger charge is 2.33. The van der Waals surface area contributed by atoms with Crippen LogP contribution in [0.4, 0.5) is 11.4 Å². The largest absolute Gasteiger partial charge is 0.483 e. The van der Waals surface area contributed by atoms with Gasteiger partial charge in [0.1, 0.15) is 5.75 Å². The van der Waals surface area contributed by atoms with Crippen molar-refractivity contribution in [1.82, 2.24) is 0 Å². The minimum atomic E-state index is -0.321. The second-order valence-electron chi connectivity index (χ2n) is 7.27. The van der Waals surface area contributed by atoms with E-state index in [1.807, 2.05) is 37.3 Å². The minimum Gasteiger partial charge on any atom is -0.483 e. The quantitative estimate of drug-likeness (QED) is 0.445. The van der Waals surface area contributed by atoms with Gasteiger partial charge in [-0.15, -0.1) is 0 Å². The molecule has 0 saturated carbocycles. The van der Waals surface area contributed by atoms with Crippen molar-refractivity contribution >= 4 is 57.8 Å². The highest BCUT2D eigenvalue weighted by molar-refractivity contribution is 8.19. The third-order valence-electron chi connectivity index (χ3n) is 4.81. The fourth-order valence-electron chi connectivity index (χ4n) is 3.16. The Hall–Kier alpha value is -3.55. The molecule has 3 aromatic rings. The van der Waals surface area contributed by atoms with Crippen molar-refractivity contribution in [3.05, 3.63) is 93.9 Å². The molecule has 6 nitrogen and oxygen atoms in total. The number of benzene rings is 3. The molecule has 0 atom stereocenters. The van der Waals surface area contributed by atoms with Gasteiger partial charge in [-0.3, -0.25) is 19.9 Å². The molecule has 0 aliphatic carbocycles. The molecule has 1 saturated heterocycles. The zero-order valence-electron chi connectivity index (χ0n) is 17.7. The van der Waals surface area contributed by atoms with Crippen LogP contribution in [0, 0.1) is 12.3 Å². The molecule has 1 aliphatic rings. The van der Waals surface area contributed by atoms with Crippen LogP contribution < -0.4 is 15.0 Å². The van der Waals surface area contributed by atoms with Gasteiger partial charge in [0.25, 0.3) is 11.8 Å². The summed E-state index contributed by atoms with van der Waals surface area (Å²) in [7, 11) is 0. The maximum atomic E-state index is 13.0. The Morgan fingerprint density at radius 3 is 2.52 bits per heavy atom. The van der Waals surface area contributed by atoms with Crippen molar-refractivity contribution in [2.75, 3.05) is 16.8 Å². The lowest BCUT2D eigenvalue weighted by Gasteiger charge is -2.14. The average molecular weight is 478 g/mol. The first-order valence-corrected chi connectivity index (χ1v) is 11.3. The summed E-state index contributed by atoms with van der Waals surface area (Å²) in [6.07, 6.45) is 1.68. The third-order valence-corrected chi connectivity index (χ3v) is 5.95. The number of para-hydroxylation sites is 1. The number of aryl methyl sites for hydroxylation is 1. The van der Waals surface area contributed by atoms with Crippen LogP contribution in [0.2, 0.25) is 5.02 Å². The summed E-state index contributed by atoms with van der Waals surface area (Å²) in [6, 6.07) is 21.4. The van der Waals surface area contributed by atoms with Gasteiger partial charge in [0.2, 0.25) is 0 Å². The number of thioether (sulfide) groups is 1. The number of hydrogen-bond donors (Lipinski definition) is 2. The van der Waals surface area contributed by atoms with E-state index in [1.54, 1.807) is 48.5 Å². The van der Waals surface area contributed by atoms with Crippen LogP contribution in [0.5, 0.6) is 5.75 Å². The fraction of sp³-hybridized carbons (Fsp3) is 0.0800. The molecule has 1 heterocycles. The number of halogens is 1. The molecule has 2 N–H and O–H groups in total. The molecule has 166 valence electrons. The van der Waals surface area contributed by atoms with Gasteiger partial charge in [-0.2, -0.15) is 0 Å². The van der Waals surface area contributed by atoms with E-state index in [1.165, 1.54) is 4.90 Å². The van der Waals surface area contributed by atoms with Gasteiger partial charge in [0.15, 0.2) is 11.8 Å². The molecule has 0 unspecified atom stereocenters. The average Bonchev–Trinajstić information content (AvgIpc) is 3.08. The molecule has 0 bridgehead atoms. The predicted molar refractivity (Wildman–Crippen MR) is 134 cm³/mol. The molecule has 8 heteroatoms. The number of carbonyl (C=O) groups is 2. The van der Waals surface area contributed by atoms with Crippen LogP contribution in [0.1, 0.15) is 11.1 Å². The van der Waals surface area contributed by atoms with E-state index in [0.717, 1.165) is 17.3 Å². The van der Waals surface area contributed by atoms with Crippen molar-refractivity contribution in [3.63, 3.8) is 0 Å². The van der Waals surface area contributed by atoms with Crippen LogP contribution in [0.15, 0.2) is 77.7 Å². The molecule has 3 aromatic carbocycles. The summed E-state index contributed by atoms with van der Waals surface area (Å²) in [5, 5.41) is 11.7. The maximum Gasteiger partial charge on any atom is 0.271 e. The Labute approximate surface area is 200 Å². The van der Waals surface area contributed by atoms with Crippen LogP contribution in [-0.4, -0.2) is 23.6 Å². The van der Waals surface area contributed by atoms with E-state index in [2.05, 4.69) is 5.32 Å². The zero-order chi connectivity index (χ0) is 23.4. The van der Waals surface area contributed by atoms with Gasteiger partial charge in [0, 0.05) is 16.3 Å². The van der Waals surface area contributed by atoms with Crippen LogP contribution in [0.25, 0.3) is 6.08 Å². The first-order valence-electron chi connectivity index (χ1n) is 10.1. The molecule has 1 fully saturated rings. The zero-order valence-corrected chi connectivity index (χ0v) is 19.2. The molecule has 33 heavy (non-hydrogen) atoms. The highest BCUT2D eigenvalue weighted by Crippen LogP contribution is 2.36. The third kappa shape index (κ3) is 5.45. The number of nitrogens with one attached hydrogen (secondary N) is 2. The Morgan fingerprint density at radius 2 is 1.79 bits per heavy atom. The lowest BCUT2D eigenvalue weighted by Crippen LogP contribution is -2.28. The van der Waals surface area contributed by atoms with Crippen molar-refractivity contribution < 1.29 is 14.3 Å². The van der Waals surface area contributed by atoms with Gasteiger partial charge in [0.05, 0.1) is 10.6 Å². The van der Waals surface area contributed by atoms with Gasteiger partial charge in [-0.05, 0) is 67.2 Å². The normalized spacial score (nSPS) is 14.6. The Morgan fingerprint density at radius 1 is 1.09 bits per heavy atom. The van der Waals surface area contributed by atoms with Gasteiger partial charge < -0.3 is 10.1 Å². The fourth-order valence-corrected chi connectivity index (χ4v) is 4.14.